The van der Waals surface area contributed by atoms with Gasteiger partial charge < -0.3 is 18.8 Å². The highest BCUT2D eigenvalue weighted by atomic mass is 16.5. The molecule has 122 valence electrons. The molecule has 0 radical (unpaired) electrons. The predicted octanol–water partition coefficient (Wildman–Crippen LogP) is 3.16. The molecular formula is C18H17N3O3. The number of rotatable bonds is 6. The number of nitrogens with zero attached hydrogens (tertiary/aromatic N) is 3. The summed E-state index contributed by atoms with van der Waals surface area (Å²) in [7, 11) is 3.16. The lowest BCUT2D eigenvalue weighted by Crippen LogP contribution is -2.06. The largest absolute Gasteiger partial charge is 0.493 e. The van der Waals surface area contributed by atoms with Crippen molar-refractivity contribution in [2.45, 2.75) is 13.2 Å². The van der Waals surface area contributed by atoms with Gasteiger partial charge in [0.25, 0.3) is 0 Å². The average molecular weight is 323 g/mol. The molecular weight excluding hydrogens is 306 g/mol. The minimum Gasteiger partial charge on any atom is -0.493 e. The van der Waals surface area contributed by atoms with E-state index in [0.717, 1.165) is 16.8 Å². The van der Waals surface area contributed by atoms with Gasteiger partial charge in [-0.3, -0.25) is 0 Å². The van der Waals surface area contributed by atoms with E-state index in [-0.39, 0.29) is 13.2 Å². The van der Waals surface area contributed by atoms with Gasteiger partial charge in [-0.25, -0.2) is 4.98 Å². The molecule has 1 heterocycles. The van der Waals surface area contributed by atoms with E-state index in [1.54, 1.807) is 20.3 Å². The Morgan fingerprint density at radius 1 is 1.08 bits per heavy atom. The number of ether oxygens (including phenoxy) is 3. The smallest absolute Gasteiger partial charge is 0.163 e. The molecule has 0 amide bonds. The lowest BCUT2D eigenvalue weighted by molar-refractivity contribution is 0.291. The molecule has 0 fully saturated rings. The van der Waals surface area contributed by atoms with Crippen LogP contribution in [0.4, 0.5) is 0 Å². The van der Waals surface area contributed by atoms with Crippen molar-refractivity contribution in [3.05, 3.63) is 48.3 Å². The maximum absolute atomic E-state index is 9.14. The fourth-order valence-electron chi connectivity index (χ4n) is 2.52. The van der Waals surface area contributed by atoms with E-state index in [0.29, 0.717) is 17.3 Å². The number of aromatic nitrogens is 2. The van der Waals surface area contributed by atoms with Crippen molar-refractivity contribution in [3.63, 3.8) is 0 Å². The Hall–Kier alpha value is -3.20. The molecule has 0 aliphatic rings. The van der Waals surface area contributed by atoms with Gasteiger partial charge in [-0.2, -0.15) is 5.26 Å². The number of imidazole rings is 1. The van der Waals surface area contributed by atoms with Crippen molar-refractivity contribution in [1.29, 1.82) is 5.26 Å². The molecule has 0 N–H and O–H groups in total. The van der Waals surface area contributed by atoms with Gasteiger partial charge in [0.05, 0.1) is 31.3 Å². The summed E-state index contributed by atoms with van der Waals surface area (Å²) in [5.41, 5.74) is 1.54. The minimum absolute atomic E-state index is 0.180. The summed E-state index contributed by atoms with van der Waals surface area (Å²) in [6.07, 6.45) is 0. The lowest BCUT2D eigenvalue weighted by Gasteiger charge is -2.09. The van der Waals surface area contributed by atoms with Crippen LogP contribution >= 0.6 is 0 Å². The van der Waals surface area contributed by atoms with Crippen molar-refractivity contribution < 1.29 is 14.2 Å². The summed E-state index contributed by atoms with van der Waals surface area (Å²) in [5.74, 6) is 2.62. The predicted molar refractivity (Wildman–Crippen MR) is 89.2 cm³/mol. The van der Waals surface area contributed by atoms with Gasteiger partial charge in [-0.15, -0.1) is 0 Å². The quantitative estimate of drug-likeness (QED) is 0.697. The first-order chi connectivity index (χ1) is 11.8. The zero-order chi connectivity index (χ0) is 16.9. The van der Waals surface area contributed by atoms with E-state index in [2.05, 4.69) is 11.1 Å². The van der Waals surface area contributed by atoms with Crippen LogP contribution in [0.1, 0.15) is 5.82 Å². The number of hydrogen-bond acceptors (Lipinski definition) is 5. The molecule has 2 aromatic carbocycles. The van der Waals surface area contributed by atoms with Crippen molar-refractivity contribution in [2.24, 2.45) is 0 Å². The van der Waals surface area contributed by atoms with Crippen molar-refractivity contribution in [1.82, 2.24) is 9.55 Å². The third-order valence-electron chi connectivity index (χ3n) is 3.67. The van der Waals surface area contributed by atoms with Crippen LogP contribution in [0.3, 0.4) is 0 Å². The first kappa shape index (κ1) is 15.7. The molecule has 0 unspecified atom stereocenters. The van der Waals surface area contributed by atoms with Gasteiger partial charge in [0, 0.05) is 12.1 Å². The van der Waals surface area contributed by atoms with Crippen LogP contribution in [-0.2, 0) is 13.2 Å². The Kier molecular flexibility index (Phi) is 4.52. The highest BCUT2D eigenvalue weighted by molar-refractivity contribution is 5.80. The highest BCUT2D eigenvalue weighted by Gasteiger charge is 2.15. The van der Waals surface area contributed by atoms with Crippen LogP contribution in [0.25, 0.3) is 11.0 Å². The van der Waals surface area contributed by atoms with E-state index in [1.165, 1.54) is 0 Å². The molecule has 0 atom stereocenters. The van der Waals surface area contributed by atoms with Gasteiger partial charge in [-0.05, 0) is 12.1 Å². The number of para-hydroxylation sites is 1. The zero-order valence-corrected chi connectivity index (χ0v) is 13.5. The first-order valence-electron chi connectivity index (χ1n) is 7.42. The van der Waals surface area contributed by atoms with Gasteiger partial charge in [0.15, 0.2) is 11.5 Å². The Morgan fingerprint density at radius 2 is 1.79 bits per heavy atom. The molecule has 3 rings (SSSR count). The topological polar surface area (TPSA) is 69.3 Å². The lowest BCUT2D eigenvalue weighted by atomic mass is 10.2. The number of methoxy groups -OCH3 is 2. The molecule has 1 aromatic heterocycles. The molecule has 24 heavy (non-hydrogen) atoms. The summed E-state index contributed by atoms with van der Waals surface area (Å²) < 4.78 is 18.2. The maximum atomic E-state index is 9.14. The molecule has 6 nitrogen and oxygen atoms in total. The summed E-state index contributed by atoms with van der Waals surface area (Å²) in [6.45, 7) is 0.449. The Labute approximate surface area is 139 Å². The van der Waals surface area contributed by atoms with Gasteiger partial charge >= 0.3 is 0 Å². The van der Waals surface area contributed by atoms with Crippen molar-refractivity contribution >= 4 is 11.0 Å². The van der Waals surface area contributed by atoms with E-state index in [1.807, 2.05) is 41.0 Å². The molecule has 0 bridgehead atoms. The number of hydrogen-bond donors (Lipinski definition) is 0. The SMILES string of the molecule is COc1cc2nc(COc3ccccc3)n(CC#N)c2cc1OC. The monoisotopic (exact) mass is 323 g/mol. The van der Waals surface area contributed by atoms with Crippen molar-refractivity contribution in [2.75, 3.05) is 14.2 Å². The fourth-order valence-corrected chi connectivity index (χ4v) is 2.52. The molecule has 0 spiro atoms. The van der Waals surface area contributed by atoms with Crippen LogP contribution in [0.5, 0.6) is 17.2 Å². The Morgan fingerprint density at radius 3 is 2.46 bits per heavy atom. The summed E-state index contributed by atoms with van der Waals surface area (Å²) in [4.78, 5) is 4.58. The van der Waals surface area contributed by atoms with E-state index in [4.69, 9.17) is 19.5 Å². The molecule has 0 saturated carbocycles. The normalized spacial score (nSPS) is 10.4. The van der Waals surface area contributed by atoms with Gasteiger partial charge in [0.1, 0.15) is 24.7 Å². The molecule has 0 saturated heterocycles. The third kappa shape index (κ3) is 2.97. The van der Waals surface area contributed by atoms with Crippen LogP contribution in [0.15, 0.2) is 42.5 Å². The summed E-state index contributed by atoms with van der Waals surface area (Å²) in [6, 6.07) is 15.3. The van der Waals surface area contributed by atoms with Gasteiger partial charge in [0.2, 0.25) is 0 Å². The zero-order valence-electron chi connectivity index (χ0n) is 13.5. The first-order valence-corrected chi connectivity index (χ1v) is 7.42. The third-order valence-corrected chi connectivity index (χ3v) is 3.67. The van der Waals surface area contributed by atoms with Crippen molar-refractivity contribution in [3.8, 4) is 23.3 Å². The van der Waals surface area contributed by atoms with Crippen LogP contribution in [-0.4, -0.2) is 23.8 Å². The second-order valence-electron chi connectivity index (χ2n) is 5.07. The fraction of sp³-hybridized carbons (Fsp3) is 0.222. The van der Waals surface area contributed by atoms with Gasteiger partial charge in [-0.1, -0.05) is 18.2 Å². The second-order valence-corrected chi connectivity index (χ2v) is 5.07. The maximum Gasteiger partial charge on any atom is 0.163 e. The number of benzene rings is 2. The summed E-state index contributed by atoms with van der Waals surface area (Å²) >= 11 is 0. The average Bonchev–Trinajstić information content (AvgIpc) is 2.96. The Bertz CT molecular complexity index is 882. The van der Waals surface area contributed by atoms with Crippen LogP contribution in [0.2, 0.25) is 0 Å². The van der Waals surface area contributed by atoms with Crippen LogP contribution < -0.4 is 14.2 Å². The molecule has 6 heteroatoms. The Balaban J connectivity index is 2.00. The van der Waals surface area contributed by atoms with E-state index in [9.17, 15) is 0 Å². The molecule has 0 aliphatic heterocycles. The molecule has 0 aliphatic carbocycles. The highest BCUT2D eigenvalue weighted by Crippen LogP contribution is 2.32. The number of fused-ring (bicyclic) bond motifs is 1. The van der Waals surface area contributed by atoms with E-state index < -0.39 is 0 Å². The molecule has 3 aromatic rings. The number of nitriles is 1. The van der Waals surface area contributed by atoms with Crippen LogP contribution in [0, 0.1) is 11.3 Å². The minimum atomic E-state index is 0.180. The van der Waals surface area contributed by atoms with E-state index >= 15 is 0 Å². The summed E-state index contributed by atoms with van der Waals surface area (Å²) in [5, 5.41) is 9.14. The second kappa shape index (κ2) is 6.92. The standard InChI is InChI=1S/C18H17N3O3/c1-22-16-10-14-15(11-17(16)23-2)21(9-8-19)18(20-14)12-24-13-6-4-3-5-7-13/h3-7,10-11H,9,12H2,1-2H3.